The number of nitrogens with zero attached hydrogens (tertiary/aromatic N) is 2. The summed E-state index contributed by atoms with van der Waals surface area (Å²) in [6.45, 7) is 2.34. The second-order valence-electron chi connectivity index (χ2n) is 3.38. The molecule has 1 fully saturated rings. The molecule has 0 atom stereocenters. The molecule has 15 heavy (non-hydrogen) atoms. The molecule has 2 heterocycles. The van der Waals surface area contributed by atoms with Crippen LogP contribution in [0, 0.1) is 3.70 Å². The summed E-state index contributed by atoms with van der Waals surface area (Å²) in [6, 6.07) is 3.86. The minimum Gasteiger partial charge on any atom is -0.314 e. The molecule has 1 aliphatic heterocycles. The Labute approximate surface area is 102 Å². The minimum absolute atomic E-state index is 0.169. The van der Waals surface area contributed by atoms with Crippen LogP contribution < -0.4 is 10.2 Å². The lowest BCUT2D eigenvalue weighted by molar-refractivity contribution is -0.118. The zero-order chi connectivity index (χ0) is 10.7. The fraction of sp³-hybridized carbons (Fsp3) is 0.400. The van der Waals surface area contributed by atoms with Crippen LogP contribution >= 0.6 is 22.6 Å². The summed E-state index contributed by atoms with van der Waals surface area (Å²) in [5.74, 6) is 0.169. The smallest absolute Gasteiger partial charge is 0.228 e. The first kappa shape index (κ1) is 10.8. The van der Waals surface area contributed by atoms with Gasteiger partial charge in [-0.2, -0.15) is 0 Å². The highest BCUT2D eigenvalue weighted by atomic mass is 127. The highest BCUT2D eigenvalue weighted by Crippen LogP contribution is 2.15. The summed E-state index contributed by atoms with van der Waals surface area (Å²) in [6.07, 6.45) is 2.32. The lowest BCUT2D eigenvalue weighted by Gasteiger charge is -2.19. The van der Waals surface area contributed by atoms with Gasteiger partial charge in [0, 0.05) is 26.1 Å². The van der Waals surface area contributed by atoms with Gasteiger partial charge >= 0.3 is 0 Å². The van der Waals surface area contributed by atoms with Crippen LogP contribution in [0.2, 0.25) is 0 Å². The average Bonchev–Trinajstić information content (AvgIpc) is 2.44. The predicted molar refractivity (Wildman–Crippen MR) is 66.8 cm³/mol. The zero-order valence-corrected chi connectivity index (χ0v) is 10.4. The number of carbonyl (C=O) groups excluding carboxylic acids is 1. The van der Waals surface area contributed by atoms with E-state index in [9.17, 15) is 4.79 Å². The van der Waals surface area contributed by atoms with Crippen LogP contribution in [0.25, 0.3) is 0 Å². The number of pyridine rings is 1. The third-order valence-corrected chi connectivity index (χ3v) is 2.99. The molecule has 1 amide bonds. The zero-order valence-electron chi connectivity index (χ0n) is 8.24. The third-order valence-electron chi connectivity index (χ3n) is 2.35. The van der Waals surface area contributed by atoms with Gasteiger partial charge in [-0.3, -0.25) is 4.79 Å². The molecule has 1 aromatic rings. The number of nitrogens with one attached hydrogen (secondary N) is 1. The molecule has 0 aliphatic carbocycles. The molecular weight excluding hydrogens is 305 g/mol. The normalized spacial score (nSPS) is 17.7. The van der Waals surface area contributed by atoms with E-state index in [1.807, 2.05) is 12.1 Å². The van der Waals surface area contributed by atoms with Gasteiger partial charge < -0.3 is 10.2 Å². The summed E-state index contributed by atoms with van der Waals surface area (Å²) in [5.41, 5.74) is 0.893. The molecule has 1 aromatic heterocycles. The van der Waals surface area contributed by atoms with E-state index in [-0.39, 0.29) is 5.91 Å². The van der Waals surface area contributed by atoms with E-state index < -0.39 is 0 Å². The molecule has 80 valence electrons. The van der Waals surface area contributed by atoms with Crippen LogP contribution in [0.4, 0.5) is 5.69 Å². The van der Waals surface area contributed by atoms with E-state index >= 15 is 0 Å². The van der Waals surface area contributed by atoms with Crippen molar-refractivity contribution in [3.8, 4) is 0 Å². The second kappa shape index (κ2) is 4.89. The number of carbonyl (C=O) groups is 1. The van der Waals surface area contributed by atoms with Gasteiger partial charge in [0.2, 0.25) is 5.91 Å². The predicted octanol–water partition coefficient (Wildman–Crippen LogP) is 1.01. The molecule has 0 unspecified atom stereocenters. The quantitative estimate of drug-likeness (QED) is 0.621. The van der Waals surface area contributed by atoms with Crippen molar-refractivity contribution in [2.75, 3.05) is 24.5 Å². The van der Waals surface area contributed by atoms with E-state index in [1.165, 1.54) is 0 Å². The summed E-state index contributed by atoms with van der Waals surface area (Å²) in [4.78, 5) is 17.7. The maximum Gasteiger partial charge on any atom is 0.228 e. The molecule has 2 rings (SSSR count). The summed E-state index contributed by atoms with van der Waals surface area (Å²) < 4.78 is 0.941. The highest BCUT2D eigenvalue weighted by Gasteiger charge is 2.17. The van der Waals surface area contributed by atoms with Gasteiger partial charge in [0.1, 0.15) is 3.70 Å². The molecule has 1 aliphatic rings. The van der Waals surface area contributed by atoms with Crippen molar-refractivity contribution < 1.29 is 4.79 Å². The highest BCUT2D eigenvalue weighted by molar-refractivity contribution is 14.1. The molecule has 0 spiro atoms. The standard InChI is InChI=1S/C10H12IN3O/c11-9-2-1-8(7-13-9)14-6-5-12-4-3-10(14)15/h1-2,7,12H,3-6H2. The first-order chi connectivity index (χ1) is 7.27. The van der Waals surface area contributed by atoms with Crippen LogP contribution in [0.5, 0.6) is 0 Å². The number of hydrogen-bond donors (Lipinski definition) is 1. The van der Waals surface area contributed by atoms with E-state index in [2.05, 4.69) is 32.9 Å². The van der Waals surface area contributed by atoms with Crippen LogP contribution in [0.1, 0.15) is 6.42 Å². The van der Waals surface area contributed by atoms with Gasteiger partial charge in [0.05, 0.1) is 11.9 Å². The molecule has 1 N–H and O–H groups in total. The average molecular weight is 317 g/mol. The topological polar surface area (TPSA) is 45.2 Å². The van der Waals surface area contributed by atoms with Crippen molar-refractivity contribution in [2.24, 2.45) is 0 Å². The largest absolute Gasteiger partial charge is 0.314 e. The Balaban J connectivity index is 2.20. The molecule has 0 radical (unpaired) electrons. The Morgan fingerprint density at radius 1 is 1.40 bits per heavy atom. The van der Waals surface area contributed by atoms with Gasteiger partial charge in [-0.15, -0.1) is 0 Å². The first-order valence-corrected chi connectivity index (χ1v) is 5.98. The number of halogens is 1. The van der Waals surface area contributed by atoms with E-state index in [1.54, 1.807) is 11.1 Å². The van der Waals surface area contributed by atoms with Crippen LogP contribution in [-0.2, 0) is 4.79 Å². The fourth-order valence-electron chi connectivity index (χ4n) is 1.57. The van der Waals surface area contributed by atoms with E-state index in [0.717, 1.165) is 29.0 Å². The monoisotopic (exact) mass is 317 g/mol. The Bertz CT molecular complexity index is 352. The number of rotatable bonds is 1. The lowest BCUT2D eigenvalue weighted by Crippen LogP contribution is -2.32. The number of hydrogen-bond acceptors (Lipinski definition) is 3. The SMILES string of the molecule is O=C1CCNCCN1c1ccc(I)nc1. The van der Waals surface area contributed by atoms with Gasteiger partial charge in [-0.05, 0) is 34.7 Å². The molecule has 0 bridgehead atoms. The van der Waals surface area contributed by atoms with Gasteiger partial charge in [-0.25, -0.2) is 4.98 Å². The first-order valence-electron chi connectivity index (χ1n) is 4.90. The lowest BCUT2D eigenvalue weighted by atomic mass is 10.3. The van der Waals surface area contributed by atoms with Gasteiger partial charge in [-0.1, -0.05) is 0 Å². The van der Waals surface area contributed by atoms with Crippen molar-refractivity contribution in [3.63, 3.8) is 0 Å². The number of amides is 1. The fourth-order valence-corrected chi connectivity index (χ4v) is 1.89. The Hall–Kier alpha value is -0.690. The number of anilines is 1. The van der Waals surface area contributed by atoms with Crippen LogP contribution in [0.15, 0.2) is 18.3 Å². The maximum absolute atomic E-state index is 11.8. The molecule has 0 saturated carbocycles. The van der Waals surface area contributed by atoms with Crippen LogP contribution in [-0.4, -0.2) is 30.5 Å². The molecule has 1 saturated heterocycles. The van der Waals surface area contributed by atoms with Crippen molar-refractivity contribution in [2.45, 2.75) is 6.42 Å². The van der Waals surface area contributed by atoms with Gasteiger partial charge in [0.25, 0.3) is 0 Å². The van der Waals surface area contributed by atoms with Crippen molar-refractivity contribution in [3.05, 3.63) is 22.0 Å². The summed E-state index contributed by atoms with van der Waals surface area (Å²) in [5, 5.41) is 3.20. The van der Waals surface area contributed by atoms with Crippen molar-refractivity contribution in [1.29, 1.82) is 0 Å². The third kappa shape index (κ3) is 2.66. The molecular formula is C10H12IN3O. The maximum atomic E-state index is 11.8. The molecule has 0 aromatic carbocycles. The van der Waals surface area contributed by atoms with E-state index in [4.69, 9.17) is 0 Å². The summed E-state index contributed by atoms with van der Waals surface area (Å²) >= 11 is 2.15. The Morgan fingerprint density at radius 3 is 3.00 bits per heavy atom. The molecule has 5 heteroatoms. The molecule has 4 nitrogen and oxygen atoms in total. The minimum atomic E-state index is 0.169. The Morgan fingerprint density at radius 2 is 2.27 bits per heavy atom. The van der Waals surface area contributed by atoms with Crippen molar-refractivity contribution >= 4 is 34.2 Å². The van der Waals surface area contributed by atoms with Crippen LogP contribution in [0.3, 0.4) is 0 Å². The number of aromatic nitrogens is 1. The Kier molecular flexibility index (Phi) is 3.53. The van der Waals surface area contributed by atoms with E-state index in [0.29, 0.717) is 6.42 Å². The van der Waals surface area contributed by atoms with Gasteiger partial charge in [0.15, 0.2) is 0 Å². The summed E-state index contributed by atoms with van der Waals surface area (Å²) in [7, 11) is 0. The van der Waals surface area contributed by atoms with Crippen molar-refractivity contribution in [1.82, 2.24) is 10.3 Å². The second-order valence-corrected chi connectivity index (χ2v) is 4.49.